The van der Waals surface area contributed by atoms with E-state index in [4.69, 9.17) is 0 Å². The van der Waals surface area contributed by atoms with Gasteiger partial charge in [0, 0.05) is 33.4 Å². The zero-order chi connectivity index (χ0) is 15.9. The van der Waals surface area contributed by atoms with Gasteiger partial charge in [0.25, 0.3) is 5.91 Å². The molecule has 1 rings (SSSR count). The molecule has 21 heavy (non-hydrogen) atoms. The summed E-state index contributed by atoms with van der Waals surface area (Å²) in [7, 11) is -0.998. The van der Waals surface area contributed by atoms with Crippen LogP contribution in [0.4, 0.5) is 0 Å². The molecule has 0 bridgehead atoms. The normalized spacial score (nSPS) is 12.5. The van der Waals surface area contributed by atoms with Crippen LogP contribution in [-0.2, 0) is 15.6 Å². The molecular formula is C15H22N2O3S. The largest absolute Gasteiger partial charge is 0.354 e. The molecule has 0 unspecified atom stereocenters. The maximum absolute atomic E-state index is 11.8. The standard InChI is InChI=1S/C15H22N2O3S/c1-15(2,3)21(20)10-9-16-13(18)11-17-14(19)12-7-5-4-6-8-12/h4-8H,9-11H2,1-3H3,(H,16,18)(H,17,19)/t21-/m1/s1. The first-order valence-electron chi connectivity index (χ1n) is 6.79. The number of amides is 2. The van der Waals surface area contributed by atoms with E-state index in [-0.39, 0.29) is 23.1 Å². The number of carbonyl (C=O) groups is 2. The first-order chi connectivity index (χ1) is 9.80. The van der Waals surface area contributed by atoms with Gasteiger partial charge in [-0.25, -0.2) is 0 Å². The highest BCUT2D eigenvalue weighted by atomic mass is 32.2. The lowest BCUT2D eigenvalue weighted by Gasteiger charge is -2.17. The minimum atomic E-state index is -0.998. The molecule has 1 aromatic carbocycles. The van der Waals surface area contributed by atoms with Crippen molar-refractivity contribution < 1.29 is 13.8 Å². The Kier molecular flexibility index (Phi) is 6.55. The molecule has 1 atom stereocenters. The van der Waals surface area contributed by atoms with E-state index < -0.39 is 10.8 Å². The average Bonchev–Trinajstić information content (AvgIpc) is 2.44. The number of carbonyl (C=O) groups excluding carboxylic acids is 2. The Bertz CT molecular complexity index is 509. The van der Waals surface area contributed by atoms with E-state index in [1.807, 2.05) is 26.8 Å². The number of nitrogens with one attached hydrogen (secondary N) is 2. The predicted molar refractivity (Wildman–Crippen MR) is 84.5 cm³/mol. The highest BCUT2D eigenvalue weighted by molar-refractivity contribution is 7.86. The van der Waals surface area contributed by atoms with Gasteiger partial charge in [-0.05, 0) is 32.9 Å². The number of hydrogen-bond donors (Lipinski definition) is 2. The maximum Gasteiger partial charge on any atom is 0.251 e. The third-order valence-electron chi connectivity index (χ3n) is 2.74. The molecule has 0 aliphatic rings. The van der Waals surface area contributed by atoms with Gasteiger partial charge in [0.05, 0.1) is 6.54 Å². The third kappa shape index (κ3) is 6.53. The van der Waals surface area contributed by atoms with Crippen molar-refractivity contribution in [2.24, 2.45) is 0 Å². The molecule has 0 radical (unpaired) electrons. The van der Waals surface area contributed by atoms with E-state index >= 15 is 0 Å². The molecule has 0 saturated carbocycles. The summed E-state index contributed by atoms with van der Waals surface area (Å²) >= 11 is 0. The lowest BCUT2D eigenvalue weighted by Crippen LogP contribution is -2.39. The van der Waals surface area contributed by atoms with Crippen LogP contribution >= 0.6 is 0 Å². The van der Waals surface area contributed by atoms with E-state index in [1.54, 1.807) is 24.3 Å². The Morgan fingerprint density at radius 3 is 2.29 bits per heavy atom. The molecule has 6 heteroatoms. The van der Waals surface area contributed by atoms with Crippen LogP contribution < -0.4 is 10.6 Å². The predicted octanol–water partition coefficient (Wildman–Crippen LogP) is 1.08. The first kappa shape index (κ1) is 17.4. The van der Waals surface area contributed by atoms with Gasteiger partial charge in [0.2, 0.25) is 5.91 Å². The molecule has 5 nitrogen and oxygen atoms in total. The molecule has 0 aliphatic heterocycles. The topological polar surface area (TPSA) is 75.3 Å². The fraction of sp³-hybridized carbons (Fsp3) is 0.467. The highest BCUT2D eigenvalue weighted by Gasteiger charge is 2.18. The Hall–Kier alpha value is -1.69. The van der Waals surface area contributed by atoms with Gasteiger partial charge in [-0.3, -0.25) is 13.8 Å². The van der Waals surface area contributed by atoms with Gasteiger partial charge < -0.3 is 10.6 Å². The van der Waals surface area contributed by atoms with Crippen LogP contribution in [0, 0.1) is 0 Å². The molecule has 116 valence electrons. The van der Waals surface area contributed by atoms with Crippen LogP contribution in [-0.4, -0.2) is 39.6 Å². The molecule has 0 spiro atoms. The smallest absolute Gasteiger partial charge is 0.251 e. The molecule has 2 amide bonds. The summed E-state index contributed by atoms with van der Waals surface area (Å²) in [6, 6.07) is 8.70. The van der Waals surface area contributed by atoms with Crippen molar-refractivity contribution >= 4 is 22.6 Å². The van der Waals surface area contributed by atoms with Crippen LogP contribution in [0.1, 0.15) is 31.1 Å². The SMILES string of the molecule is CC(C)(C)[S@](=O)CCNC(=O)CNC(=O)c1ccccc1. The second kappa shape index (κ2) is 7.93. The summed E-state index contributed by atoms with van der Waals surface area (Å²) in [5.41, 5.74) is 0.513. The molecule has 0 aromatic heterocycles. The lowest BCUT2D eigenvalue weighted by atomic mass is 10.2. The van der Waals surface area contributed by atoms with Crippen molar-refractivity contribution in [2.45, 2.75) is 25.5 Å². The van der Waals surface area contributed by atoms with E-state index in [0.717, 1.165) is 0 Å². The van der Waals surface area contributed by atoms with Crippen molar-refractivity contribution in [3.05, 3.63) is 35.9 Å². The van der Waals surface area contributed by atoms with Gasteiger partial charge in [-0.15, -0.1) is 0 Å². The molecule has 1 aromatic rings. The Morgan fingerprint density at radius 1 is 1.10 bits per heavy atom. The van der Waals surface area contributed by atoms with E-state index in [0.29, 0.717) is 17.9 Å². The molecule has 0 aliphatic carbocycles. The van der Waals surface area contributed by atoms with E-state index in [9.17, 15) is 13.8 Å². The van der Waals surface area contributed by atoms with Gasteiger partial charge in [-0.1, -0.05) is 18.2 Å². The van der Waals surface area contributed by atoms with Crippen molar-refractivity contribution in [2.75, 3.05) is 18.8 Å². The maximum atomic E-state index is 11.8. The average molecular weight is 310 g/mol. The van der Waals surface area contributed by atoms with Crippen LogP contribution in [0.3, 0.4) is 0 Å². The minimum absolute atomic E-state index is 0.0874. The zero-order valence-corrected chi connectivity index (χ0v) is 13.5. The van der Waals surface area contributed by atoms with Crippen molar-refractivity contribution in [1.29, 1.82) is 0 Å². The molecule has 2 N–H and O–H groups in total. The monoisotopic (exact) mass is 310 g/mol. The highest BCUT2D eigenvalue weighted by Crippen LogP contribution is 2.10. The summed E-state index contributed by atoms with van der Waals surface area (Å²) in [4.78, 5) is 23.3. The molecular weight excluding hydrogens is 288 g/mol. The molecule has 0 saturated heterocycles. The van der Waals surface area contributed by atoms with Gasteiger partial charge >= 0.3 is 0 Å². The van der Waals surface area contributed by atoms with Crippen LogP contribution in [0.5, 0.6) is 0 Å². The fourth-order valence-corrected chi connectivity index (χ4v) is 2.40. The Balaban J connectivity index is 2.26. The number of benzene rings is 1. The number of hydrogen-bond acceptors (Lipinski definition) is 3. The third-order valence-corrected chi connectivity index (χ3v) is 4.68. The fourth-order valence-electron chi connectivity index (χ4n) is 1.50. The summed E-state index contributed by atoms with van der Waals surface area (Å²) < 4.78 is 11.5. The Labute approximate surface area is 128 Å². The van der Waals surface area contributed by atoms with Crippen LogP contribution in [0.25, 0.3) is 0 Å². The summed E-state index contributed by atoms with van der Waals surface area (Å²) in [5.74, 6) is -0.170. The second-order valence-electron chi connectivity index (χ2n) is 5.56. The van der Waals surface area contributed by atoms with Gasteiger partial charge in [-0.2, -0.15) is 0 Å². The second-order valence-corrected chi connectivity index (χ2v) is 7.88. The quantitative estimate of drug-likeness (QED) is 0.825. The summed E-state index contributed by atoms with van der Waals surface area (Å²) in [6.45, 7) is 5.93. The zero-order valence-electron chi connectivity index (χ0n) is 12.6. The Morgan fingerprint density at radius 2 is 1.71 bits per heavy atom. The van der Waals surface area contributed by atoms with Crippen LogP contribution in [0.2, 0.25) is 0 Å². The lowest BCUT2D eigenvalue weighted by molar-refractivity contribution is -0.120. The van der Waals surface area contributed by atoms with E-state index in [1.165, 1.54) is 0 Å². The van der Waals surface area contributed by atoms with Gasteiger partial charge in [0.15, 0.2) is 0 Å². The first-order valence-corrected chi connectivity index (χ1v) is 8.11. The summed E-state index contributed by atoms with van der Waals surface area (Å²) in [6.07, 6.45) is 0. The van der Waals surface area contributed by atoms with Crippen molar-refractivity contribution in [1.82, 2.24) is 10.6 Å². The summed E-state index contributed by atoms with van der Waals surface area (Å²) in [5, 5.41) is 5.19. The number of rotatable bonds is 6. The minimum Gasteiger partial charge on any atom is -0.354 e. The van der Waals surface area contributed by atoms with Crippen LogP contribution in [0.15, 0.2) is 30.3 Å². The van der Waals surface area contributed by atoms with E-state index in [2.05, 4.69) is 10.6 Å². The van der Waals surface area contributed by atoms with Crippen molar-refractivity contribution in [3.63, 3.8) is 0 Å². The van der Waals surface area contributed by atoms with Crippen molar-refractivity contribution in [3.8, 4) is 0 Å². The molecule has 0 fully saturated rings. The van der Waals surface area contributed by atoms with Gasteiger partial charge in [0.1, 0.15) is 0 Å². The molecule has 0 heterocycles.